The molecule has 0 spiro atoms. The molecule has 1 atom stereocenters. The van der Waals surface area contributed by atoms with E-state index < -0.39 is 0 Å². The summed E-state index contributed by atoms with van der Waals surface area (Å²) in [6, 6.07) is 14.7. The number of nitrogens with one attached hydrogen (secondary N) is 1. The molecule has 0 fully saturated rings. The third kappa shape index (κ3) is 2.89. The van der Waals surface area contributed by atoms with E-state index in [-0.39, 0.29) is 6.04 Å². The quantitative estimate of drug-likeness (QED) is 0.929. The first-order valence-electron chi connectivity index (χ1n) is 7.07. The Morgan fingerprint density at radius 1 is 1.00 bits per heavy atom. The summed E-state index contributed by atoms with van der Waals surface area (Å²) >= 11 is 0. The van der Waals surface area contributed by atoms with Crippen LogP contribution >= 0.6 is 0 Å². The van der Waals surface area contributed by atoms with Gasteiger partial charge in [-0.1, -0.05) is 12.1 Å². The van der Waals surface area contributed by atoms with Gasteiger partial charge in [0.15, 0.2) is 11.5 Å². The molecular formula is C17H20N2O2. The molecule has 1 aliphatic heterocycles. The van der Waals surface area contributed by atoms with Gasteiger partial charge in [0, 0.05) is 37.6 Å². The molecule has 1 unspecified atom stereocenters. The van der Waals surface area contributed by atoms with E-state index in [1.165, 1.54) is 11.3 Å². The number of hydrogen-bond donors (Lipinski definition) is 1. The molecule has 1 N–H and O–H groups in total. The Balaban J connectivity index is 1.72. The SMILES string of the molecule is CC(Nc1ccc2c(c1)OCO2)c1ccc(N(C)C)cc1. The molecule has 0 amide bonds. The average molecular weight is 284 g/mol. The molecule has 1 aliphatic rings. The van der Waals surface area contributed by atoms with E-state index in [4.69, 9.17) is 9.47 Å². The van der Waals surface area contributed by atoms with E-state index in [2.05, 4.69) is 41.4 Å². The summed E-state index contributed by atoms with van der Waals surface area (Å²) in [5, 5.41) is 3.49. The van der Waals surface area contributed by atoms with Crippen LogP contribution in [0.2, 0.25) is 0 Å². The summed E-state index contributed by atoms with van der Waals surface area (Å²) in [7, 11) is 4.09. The first-order valence-corrected chi connectivity index (χ1v) is 7.07. The minimum atomic E-state index is 0.224. The number of anilines is 2. The molecule has 2 aromatic carbocycles. The minimum Gasteiger partial charge on any atom is -0.454 e. The summed E-state index contributed by atoms with van der Waals surface area (Å²) < 4.78 is 10.7. The van der Waals surface area contributed by atoms with Gasteiger partial charge in [-0.25, -0.2) is 0 Å². The zero-order valence-corrected chi connectivity index (χ0v) is 12.6. The molecular weight excluding hydrogens is 264 g/mol. The molecule has 2 aromatic rings. The van der Waals surface area contributed by atoms with Crippen LogP contribution in [-0.2, 0) is 0 Å². The summed E-state index contributed by atoms with van der Waals surface area (Å²) in [5.74, 6) is 1.61. The van der Waals surface area contributed by atoms with Crippen LogP contribution in [0.4, 0.5) is 11.4 Å². The average Bonchev–Trinajstić information content (AvgIpc) is 2.95. The lowest BCUT2D eigenvalue weighted by Crippen LogP contribution is -2.10. The van der Waals surface area contributed by atoms with Gasteiger partial charge < -0.3 is 19.7 Å². The maximum absolute atomic E-state index is 5.40. The van der Waals surface area contributed by atoms with Crippen molar-refractivity contribution >= 4 is 11.4 Å². The molecule has 0 aromatic heterocycles. The van der Waals surface area contributed by atoms with Crippen molar-refractivity contribution in [1.82, 2.24) is 0 Å². The monoisotopic (exact) mass is 284 g/mol. The fourth-order valence-corrected chi connectivity index (χ4v) is 2.38. The van der Waals surface area contributed by atoms with E-state index in [1.54, 1.807) is 0 Å². The molecule has 21 heavy (non-hydrogen) atoms. The smallest absolute Gasteiger partial charge is 0.231 e. The van der Waals surface area contributed by atoms with Crippen molar-refractivity contribution in [2.24, 2.45) is 0 Å². The number of fused-ring (bicyclic) bond motifs is 1. The Hall–Kier alpha value is -2.36. The third-order valence-corrected chi connectivity index (χ3v) is 3.67. The van der Waals surface area contributed by atoms with Crippen LogP contribution in [-0.4, -0.2) is 20.9 Å². The molecule has 0 aliphatic carbocycles. The summed E-state index contributed by atoms with van der Waals surface area (Å²) in [6.07, 6.45) is 0. The highest BCUT2D eigenvalue weighted by Gasteiger charge is 2.14. The Morgan fingerprint density at radius 2 is 1.71 bits per heavy atom. The van der Waals surface area contributed by atoms with E-state index >= 15 is 0 Å². The van der Waals surface area contributed by atoms with Gasteiger partial charge >= 0.3 is 0 Å². The lowest BCUT2D eigenvalue weighted by atomic mass is 10.1. The van der Waals surface area contributed by atoms with Crippen molar-refractivity contribution < 1.29 is 9.47 Å². The number of hydrogen-bond acceptors (Lipinski definition) is 4. The molecule has 110 valence electrons. The Kier molecular flexibility index (Phi) is 3.60. The van der Waals surface area contributed by atoms with Crippen molar-refractivity contribution in [1.29, 1.82) is 0 Å². The van der Waals surface area contributed by atoms with Gasteiger partial charge in [-0.05, 0) is 36.8 Å². The molecule has 1 heterocycles. The molecule has 3 rings (SSSR count). The topological polar surface area (TPSA) is 33.7 Å². The van der Waals surface area contributed by atoms with Crippen molar-refractivity contribution in [3.63, 3.8) is 0 Å². The van der Waals surface area contributed by atoms with E-state index in [0.717, 1.165) is 17.2 Å². The zero-order valence-electron chi connectivity index (χ0n) is 12.6. The first kappa shape index (κ1) is 13.6. The number of ether oxygens (including phenoxy) is 2. The van der Waals surface area contributed by atoms with Gasteiger partial charge in [0.2, 0.25) is 6.79 Å². The lowest BCUT2D eigenvalue weighted by Gasteiger charge is -2.18. The van der Waals surface area contributed by atoms with Crippen molar-refractivity contribution in [3.8, 4) is 11.5 Å². The van der Waals surface area contributed by atoms with Gasteiger partial charge in [-0.3, -0.25) is 0 Å². The Labute approximate surface area is 125 Å². The van der Waals surface area contributed by atoms with Crippen LogP contribution in [0, 0.1) is 0 Å². The van der Waals surface area contributed by atoms with Crippen LogP contribution in [0.3, 0.4) is 0 Å². The number of rotatable bonds is 4. The van der Waals surface area contributed by atoms with Crippen LogP contribution in [0.1, 0.15) is 18.5 Å². The third-order valence-electron chi connectivity index (χ3n) is 3.67. The molecule has 0 saturated heterocycles. The van der Waals surface area contributed by atoms with Gasteiger partial charge in [-0.2, -0.15) is 0 Å². The van der Waals surface area contributed by atoms with Crippen molar-refractivity contribution in [2.45, 2.75) is 13.0 Å². The fraction of sp³-hybridized carbons (Fsp3) is 0.294. The highest BCUT2D eigenvalue weighted by molar-refractivity contribution is 5.56. The molecule has 4 heteroatoms. The van der Waals surface area contributed by atoms with Gasteiger partial charge in [0.25, 0.3) is 0 Å². The largest absolute Gasteiger partial charge is 0.454 e. The van der Waals surface area contributed by atoms with Crippen molar-refractivity contribution in [3.05, 3.63) is 48.0 Å². The number of nitrogens with zero attached hydrogens (tertiary/aromatic N) is 1. The normalized spacial score (nSPS) is 13.9. The zero-order chi connectivity index (χ0) is 14.8. The van der Waals surface area contributed by atoms with Crippen LogP contribution < -0.4 is 19.7 Å². The van der Waals surface area contributed by atoms with E-state index in [9.17, 15) is 0 Å². The van der Waals surface area contributed by atoms with Crippen LogP contribution in [0.25, 0.3) is 0 Å². The number of benzene rings is 2. The first-order chi connectivity index (χ1) is 10.1. The Morgan fingerprint density at radius 3 is 2.43 bits per heavy atom. The van der Waals surface area contributed by atoms with Gasteiger partial charge in [0.05, 0.1) is 0 Å². The predicted molar refractivity (Wildman–Crippen MR) is 85.4 cm³/mol. The summed E-state index contributed by atoms with van der Waals surface area (Å²) in [5.41, 5.74) is 3.48. The molecule has 0 saturated carbocycles. The highest BCUT2D eigenvalue weighted by Crippen LogP contribution is 2.35. The second-order valence-electron chi connectivity index (χ2n) is 5.42. The summed E-state index contributed by atoms with van der Waals surface area (Å²) in [6.45, 7) is 2.45. The summed E-state index contributed by atoms with van der Waals surface area (Å²) in [4.78, 5) is 2.10. The van der Waals surface area contributed by atoms with E-state index in [0.29, 0.717) is 6.79 Å². The second kappa shape index (κ2) is 5.56. The maximum atomic E-state index is 5.40. The highest BCUT2D eigenvalue weighted by atomic mass is 16.7. The van der Waals surface area contributed by atoms with Gasteiger partial charge in [-0.15, -0.1) is 0 Å². The van der Waals surface area contributed by atoms with E-state index in [1.807, 2.05) is 32.3 Å². The predicted octanol–water partition coefficient (Wildman–Crippen LogP) is 3.65. The standard InChI is InChI=1S/C17H20N2O2/c1-12(13-4-7-15(8-5-13)19(2)3)18-14-6-9-16-17(10-14)21-11-20-16/h4-10,12,18H,11H2,1-3H3. The molecule has 4 nitrogen and oxygen atoms in total. The van der Waals surface area contributed by atoms with Crippen LogP contribution in [0.5, 0.6) is 11.5 Å². The van der Waals surface area contributed by atoms with Gasteiger partial charge in [0.1, 0.15) is 0 Å². The second-order valence-corrected chi connectivity index (χ2v) is 5.42. The molecule has 0 bridgehead atoms. The van der Waals surface area contributed by atoms with Crippen LogP contribution in [0.15, 0.2) is 42.5 Å². The molecule has 0 radical (unpaired) electrons. The minimum absolute atomic E-state index is 0.224. The van der Waals surface area contributed by atoms with Crippen molar-refractivity contribution in [2.75, 3.05) is 31.1 Å². The Bertz CT molecular complexity index is 623. The fourth-order valence-electron chi connectivity index (χ4n) is 2.38. The lowest BCUT2D eigenvalue weighted by molar-refractivity contribution is 0.174. The maximum Gasteiger partial charge on any atom is 0.231 e.